The van der Waals surface area contributed by atoms with E-state index in [-0.39, 0.29) is 5.75 Å². The van der Waals surface area contributed by atoms with Gasteiger partial charge >= 0.3 is 0 Å². The molecule has 0 amide bonds. The molecule has 0 unspecified atom stereocenters. The third kappa shape index (κ3) is 2.14. The van der Waals surface area contributed by atoms with Crippen molar-refractivity contribution < 1.29 is 5.11 Å². The molecule has 0 bridgehead atoms. The molecule has 3 heteroatoms. The number of phenols is 1. The molecule has 0 saturated heterocycles. The molecule has 0 atom stereocenters. The molecule has 13 heavy (non-hydrogen) atoms. The predicted molar refractivity (Wildman–Crippen MR) is 55.1 cm³/mol. The Morgan fingerprint density at radius 1 is 1.38 bits per heavy atom. The average molecular weight is 200 g/mol. The summed E-state index contributed by atoms with van der Waals surface area (Å²) in [6.07, 6.45) is 0. The SMILES string of the molecule is Cc1cc(C(C)(C)N)cc(O)c1Cl. The van der Waals surface area contributed by atoms with Gasteiger partial charge < -0.3 is 10.8 Å². The molecule has 1 aromatic rings. The number of halogens is 1. The molecule has 0 spiro atoms. The third-order valence-corrected chi connectivity index (χ3v) is 2.47. The fourth-order valence-corrected chi connectivity index (χ4v) is 1.23. The largest absolute Gasteiger partial charge is 0.506 e. The number of rotatable bonds is 1. The maximum absolute atomic E-state index is 9.46. The van der Waals surface area contributed by atoms with Gasteiger partial charge in [-0.25, -0.2) is 0 Å². The van der Waals surface area contributed by atoms with Crippen LogP contribution in [-0.4, -0.2) is 5.11 Å². The van der Waals surface area contributed by atoms with E-state index in [0.717, 1.165) is 11.1 Å². The quantitative estimate of drug-likeness (QED) is 0.730. The van der Waals surface area contributed by atoms with E-state index in [1.807, 2.05) is 26.8 Å². The molecule has 1 aromatic carbocycles. The number of benzene rings is 1. The van der Waals surface area contributed by atoms with Crippen molar-refractivity contribution >= 4 is 11.6 Å². The van der Waals surface area contributed by atoms with Crippen molar-refractivity contribution in [2.45, 2.75) is 26.3 Å². The van der Waals surface area contributed by atoms with Gasteiger partial charge in [0.05, 0.1) is 5.02 Å². The van der Waals surface area contributed by atoms with Crippen molar-refractivity contribution in [2.24, 2.45) is 5.73 Å². The first-order valence-electron chi connectivity index (χ1n) is 4.11. The van der Waals surface area contributed by atoms with Gasteiger partial charge in [0.2, 0.25) is 0 Å². The lowest BCUT2D eigenvalue weighted by Gasteiger charge is -2.20. The van der Waals surface area contributed by atoms with E-state index in [4.69, 9.17) is 17.3 Å². The molecule has 0 aliphatic rings. The average Bonchev–Trinajstić information content (AvgIpc) is 1.97. The molecule has 0 aromatic heterocycles. The second-order valence-electron chi connectivity index (χ2n) is 3.85. The molecule has 1 rings (SSSR count). The van der Waals surface area contributed by atoms with Crippen LogP contribution >= 0.6 is 11.6 Å². The summed E-state index contributed by atoms with van der Waals surface area (Å²) in [5, 5.41) is 9.85. The molecular formula is C10H14ClNO. The van der Waals surface area contributed by atoms with Crippen LogP contribution in [0.5, 0.6) is 5.75 Å². The summed E-state index contributed by atoms with van der Waals surface area (Å²) in [4.78, 5) is 0. The van der Waals surface area contributed by atoms with E-state index < -0.39 is 5.54 Å². The van der Waals surface area contributed by atoms with Gasteiger partial charge in [0, 0.05) is 5.54 Å². The Labute approximate surface area is 83.3 Å². The van der Waals surface area contributed by atoms with Gasteiger partial charge in [0.25, 0.3) is 0 Å². The van der Waals surface area contributed by atoms with Crippen LogP contribution in [0.4, 0.5) is 0 Å². The summed E-state index contributed by atoms with van der Waals surface area (Å²) < 4.78 is 0. The molecule has 2 nitrogen and oxygen atoms in total. The number of hydrogen-bond donors (Lipinski definition) is 2. The van der Waals surface area contributed by atoms with Crippen LogP contribution in [0.1, 0.15) is 25.0 Å². The third-order valence-electron chi connectivity index (χ3n) is 1.98. The molecule has 0 saturated carbocycles. The first kappa shape index (κ1) is 10.4. The van der Waals surface area contributed by atoms with E-state index >= 15 is 0 Å². The highest BCUT2D eigenvalue weighted by Crippen LogP contribution is 2.31. The lowest BCUT2D eigenvalue weighted by atomic mass is 9.94. The highest BCUT2D eigenvalue weighted by molar-refractivity contribution is 6.32. The fraction of sp³-hybridized carbons (Fsp3) is 0.400. The number of aryl methyl sites for hydroxylation is 1. The minimum atomic E-state index is -0.452. The van der Waals surface area contributed by atoms with E-state index in [1.165, 1.54) is 0 Å². The fourth-order valence-electron chi connectivity index (χ4n) is 1.12. The lowest BCUT2D eigenvalue weighted by Crippen LogP contribution is -2.28. The topological polar surface area (TPSA) is 46.2 Å². The zero-order valence-corrected chi connectivity index (χ0v) is 8.81. The summed E-state index contributed by atoms with van der Waals surface area (Å²) in [7, 11) is 0. The zero-order chi connectivity index (χ0) is 10.2. The van der Waals surface area contributed by atoms with Crippen molar-refractivity contribution in [3.63, 3.8) is 0 Å². The standard InChI is InChI=1S/C10H14ClNO/c1-6-4-7(10(2,3)12)5-8(13)9(6)11/h4-5,13H,12H2,1-3H3. The van der Waals surface area contributed by atoms with Crippen molar-refractivity contribution in [1.82, 2.24) is 0 Å². The Hall–Kier alpha value is -0.730. The molecule has 3 N–H and O–H groups in total. The van der Waals surface area contributed by atoms with Crippen molar-refractivity contribution in [3.8, 4) is 5.75 Å². The first-order chi connectivity index (χ1) is 5.82. The Morgan fingerprint density at radius 3 is 2.31 bits per heavy atom. The van der Waals surface area contributed by atoms with Gasteiger partial charge in [-0.2, -0.15) is 0 Å². The first-order valence-corrected chi connectivity index (χ1v) is 4.48. The van der Waals surface area contributed by atoms with Gasteiger partial charge in [-0.05, 0) is 38.0 Å². The van der Waals surface area contributed by atoms with Gasteiger partial charge in [-0.15, -0.1) is 0 Å². The van der Waals surface area contributed by atoms with Crippen molar-refractivity contribution in [1.29, 1.82) is 0 Å². The lowest BCUT2D eigenvalue weighted by molar-refractivity contribution is 0.469. The second-order valence-corrected chi connectivity index (χ2v) is 4.23. The molecular weight excluding hydrogens is 186 g/mol. The van der Waals surface area contributed by atoms with Crippen molar-refractivity contribution in [3.05, 3.63) is 28.3 Å². The maximum Gasteiger partial charge on any atom is 0.134 e. The van der Waals surface area contributed by atoms with Crippen LogP contribution in [0.2, 0.25) is 5.02 Å². The van der Waals surface area contributed by atoms with Crippen LogP contribution in [0.3, 0.4) is 0 Å². The van der Waals surface area contributed by atoms with Crippen LogP contribution in [0.15, 0.2) is 12.1 Å². The molecule has 0 radical (unpaired) electrons. The van der Waals surface area contributed by atoms with Gasteiger partial charge in [0.15, 0.2) is 0 Å². The van der Waals surface area contributed by atoms with E-state index in [0.29, 0.717) is 5.02 Å². The molecule has 0 fully saturated rings. The predicted octanol–water partition coefficient (Wildman–Crippen LogP) is 2.55. The molecule has 0 heterocycles. The summed E-state index contributed by atoms with van der Waals surface area (Å²) in [5.41, 5.74) is 7.16. The Morgan fingerprint density at radius 2 is 1.92 bits per heavy atom. The number of nitrogens with two attached hydrogens (primary N) is 1. The van der Waals surface area contributed by atoms with E-state index in [1.54, 1.807) is 6.07 Å². The van der Waals surface area contributed by atoms with E-state index in [2.05, 4.69) is 0 Å². The number of phenolic OH excluding ortho intramolecular Hbond substituents is 1. The smallest absolute Gasteiger partial charge is 0.134 e. The summed E-state index contributed by atoms with van der Waals surface area (Å²) in [6, 6.07) is 3.50. The summed E-state index contributed by atoms with van der Waals surface area (Å²) >= 11 is 5.81. The summed E-state index contributed by atoms with van der Waals surface area (Å²) in [5.74, 6) is 0.0928. The van der Waals surface area contributed by atoms with Crippen LogP contribution < -0.4 is 5.73 Å². The molecule has 0 aliphatic heterocycles. The van der Waals surface area contributed by atoms with Gasteiger partial charge in [-0.1, -0.05) is 17.7 Å². The van der Waals surface area contributed by atoms with Gasteiger partial charge in [0.1, 0.15) is 5.75 Å². The maximum atomic E-state index is 9.46. The highest BCUT2D eigenvalue weighted by Gasteiger charge is 2.16. The van der Waals surface area contributed by atoms with E-state index in [9.17, 15) is 5.11 Å². The normalized spacial score (nSPS) is 11.8. The van der Waals surface area contributed by atoms with Crippen molar-refractivity contribution in [2.75, 3.05) is 0 Å². The molecule has 0 aliphatic carbocycles. The zero-order valence-electron chi connectivity index (χ0n) is 8.06. The van der Waals surface area contributed by atoms with Gasteiger partial charge in [-0.3, -0.25) is 0 Å². The second kappa shape index (κ2) is 3.20. The Kier molecular flexibility index (Phi) is 2.55. The summed E-state index contributed by atoms with van der Waals surface area (Å²) in [6.45, 7) is 5.61. The van der Waals surface area contributed by atoms with Crippen LogP contribution in [-0.2, 0) is 5.54 Å². The minimum Gasteiger partial charge on any atom is -0.506 e. The number of hydrogen-bond acceptors (Lipinski definition) is 2. The minimum absolute atomic E-state index is 0.0928. The van der Waals surface area contributed by atoms with Crippen LogP contribution in [0, 0.1) is 6.92 Å². The number of aromatic hydroxyl groups is 1. The molecule has 72 valence electrons. The highest BCUT2D eigenvalue weighted by atomic mass is 35.5. The Bertz CT molecular complexity index is 305. The monoisotopic (exact) mass is 199 g/mol. The Balaban J connectivity index is 3.29. The van der Waals surface area contributed by atoms with Crippen LogP contribution in [0.25, 0.3) is 0 Å².